The van der Waals surface area contributed by atoms with E-state index in [2.05, 4.69) is 25.6 Å². The fourth-order valence-electron chi connectivity index (χ4n) is 1.60. The van der Waals surface area contributed by atoms with Crippen molar-refractivity contribution in [3.05, 3.63) is 36.5 Å². The Balaban J connectivity index is 2.31. The molecule has 0 bridgehead atoms. The van der Waals surface area contributed by atoms with Crippen molar-refractivity contribution in [1.82, 2.24) is 15.0 Å². The van der Waals surface area contributed by atoms with Gasteiger partial charge in [-0.1, -0.05) is 11.3 Å². The van der Waals surface area contributed by atoms with Gasteiger partial charge in [0.1, 0.15) is 5.69 Å². The van der Waals surface area contributed by atoms with Gasteiger partial charge in [-0.2, -0.15) is 4.98 Å². The zero-order valence-corrected chi connectivity index (χ0v) is 11.6. The number of hydrogen-bond acceptors (Lipinski definition) is 8. The number of thiazole rings is 1. The van der Waals surface area contributed by atoms with E-state index < -0.39 is 4.92 Å². The van der Waals surface area contributed by atoms with Crippen molar-refractivity contribution in [2.45, 2.75) is 13.5 Å². The third-order valence-electron chi connectivity index (χ3n) is 2.48. The van der Waals surface area contributed by atoms with Gasteiger partial charge < -0.3 is 15.6 Å². The van der Waals surface area contributed by atoms with Crippen LogP contribution in [-0.2, 0) is 6.54 Å². The van der Waals surface area contributed by atoms with Gasteiger partial charge in [-0.15, -0.1) is 0 Å². The average molecular weight is 296 g/mol. The molecule has 0 atom stereocenters. The lowest BCUT2D eigenvalue weighted by Crippen LogP contribution is -2.10. The monoisotopic (exact) mass is 296 g/mol. The molecule has 0 aliphatic heterocycles. The first-order valence-electron chi connectivity index (χ1n) is 5.62. The van der Waals surface area contributed by atoms with Crippen LogP contribution in [0, 0.1) is 17.0 Å². The first-order chi connectivity index (χ1) is 9.51. The molecule has 2 heterocycles. The minimum Gasteiger partial charge on any atom is -0.359 e. The minimum absolute atomic E-state index is 0.110. The van der Waals surface area contributed by atoms with Crippen LogP contribution in [0.15, 0.2) is 10.2 Å². The van der Waals surface area contributed by atoms with Gasteiger partial charge in [0.25, 0.3) is 0 Å². The molecule has 0 aromatic carbocycles. The Kier molecular flexibility index (Phi) is 3.94. The molecule has 0 amide bonds. The molecule has 0 unspecified atom stereocenters. The zero-order valence-electron chi connectivity index (χ0n) is 10.8. The largest absolute Gasteiger partial charge is 0.359 e. The summed E-state index contributed by atoms with van der Waals surface area (Å²) in [7, 11) is 1.63. The summed E-state index contributed by atoms with van der Waals surface area (Å²) >= 11 is 1.03. The molecule has 2 aromatic rings. The Morgan fingerprint density at radius 2 is 2.25 bits per heavy atom. The predicted molar refractivity (Wildman–Crippen MR) is 75.2 cm³/mol. The molecule has 3 N–H and O–H groups in total. The number of hydrogen-bond donors (Lipinski definition) is 3. The van der Waals surface area contributed by atoms with Crippen molar-refractivity contribution in [3.8, 4) is 0 Å². The van der Waals surface area contributed by atoms with E-state index in [4.69, 9.17) is 0 Å². The second-order valence-electron chi connectivity index (χ2n) is 3.86. The van der Waals surface area contributed by atoms with E-state index in [1.165, 1.54) is 6.92 Å². The van der Waals surface area contributed by atoms with Crippen LogP contribution in [0.1, 0.15) is 11.4 Å². The Hall–Kier alpha value is -2.49. The highest BCUT2D eigenvalue weighted by molar-refractivity contribution is 7.07. The molecule has 2 aromatic heterocycles. The van der Waals surface area contributed by atoms with Gasteiger partial charge in [-0.25, -0.2) is 4.98 Å². The topological polar surface area (TPSA) is 126 Å². The van der Waals surface area contributed by atoms with E-state index in [9.17, 15) is 14.9 Å². The van der Waals surface area contributed by atoms with Crippen LogP contribution in [0.25, 0.3) is 0 Å². The van der Waals surface area contributed by atoms with Crippen molar-refractivity contribution < 1.29 is 4.92 Å². The molecule has 0 saturated heterocycles. The van der Waals surface area contributed by atoms with Crippen LogP contribution in [0.2, 0.25) is 0 Å². The van der Waals surface area contributed by atoms with Crippen molar-refractivity contribution >= 4 is 28.8 Å². The number of nitrogens with zero attached hydrogens (tertiary/aromatic N) is 3. The van der Waals surface area contributed by atoms with E-state index in [0.717, 1.165) is 11.3 Å². The molecule has 9 nitrogen and oxygen atoms in total. The normalized spacial score (nSPS) is 10.3. The van der Waals surface area contributed by atoms with Crippen molar-refractivity contribution in [1.29, 1.82) is 0 Å². The molecule has 0 aliphatic carbocycles. The molecule has 0 spiro atoms. The highest BCUT2D eigenvalue weighted by Gasteiger charge is 2.21. The fraction of sp³-hybridized carbons (Fsp3) is 0.300. The quantitative estimate of drug-likeness (QED) is 0.557. The third-order valence-corrected chi connectivity index (χ3v) is 3.20. The van der Waals surface area contributed by atoms with Crippen molar-refractivity contribution in [2.24, 2.45) is 0 Å². The molecular weight excluding hydrogens is 284 g/mol. The van der Waals surface area contributed by atoms with E-state index in [0.29, 0.717) is 5.69 Å². The molecule has 2 rings (SSSR count). The number of rotatable bonds is 5. The summed E-state index contributed by atoms with van der Waals surface area (Å²) in [5.74, 6) is 0.397. The van der Waals surface area contributed by atoms with Gasteiger partial charge in [-0.05, 0) is 6.92 Å². The van der Waals surface area contributed by atoms with Gasteiger partial charge in [0.2, 0.25) is 11.8 Å². The van der Waals surface area contributed by atoms with Crippen LogP contribution in [-0.4, -0.2) is 26.9 Å². The Bertz CT molecular complexity index is 695. The van der Waals surface area contributed by atoms with Crippen LogP contribution in [0.3, 0.4) is 0 Å². The number of aromatic nitrogens is 3. The summed E-state index contributed by atoms with van der Waals surface area (Å²) in [6, 6.07) is 0. The van der Waals surface area contributed by atoms with Crippen LogP contribution < -0.4 is 15.5 Å². The summed E-state index contributed by atoms with van der Waals surface area (Å²) in [6.45, 7) is 1.78. The molecule has 0 aliphatic rings. The molecule has 10 heteroatoms. The van der Waals surface area contributed by atoms with Gasteiger partial charge in [0.05, 0.1) is 11.5 Å². The fourth-order valence-corrected chi connectivity index (χ4v) is 2.18. The average Bonchev–Trinajstić information content (AvgIpc) is 2.81. The van der Waals surface area contributed by atoms with Gasteiger partial charge in [0.15, 0.2) is 0 Å². The summed E-state index contributed by atoms with van der Waals surface area (Å²) in [5.41, 5.74) is 0.716. The number of anilines is 2. The standard InChI is InChI=1S/C10H12N6O3S/c1-5-7(16(18)19)8(15-9(11-2)13-5)12-3-6-4-20-10(17)14-6/h4H,3H2,1-2H3,(H,14,17)(H2,11,12,13,15). The van der Waals surface area contributed by atoms with E-state index in [1.807, 2.05) is 0 Å². The summed E-state index contributed by atoms with van der Waals surface area (Å²) in [4.78, 5) is 32.0. The molecule has 0 saturated carbocycles. The maximum Gasteiger partial charge on any atom is 0.332 e. The minimum atomic E-state index is -0.534. The first-order valence-corrected chi connectivity index (χ1v) is 6.50. The molecule has 20 heavy (non-hydrogen) atoms. The lowest BCUT2D eigenvalue weighted by atomic mass is 10.3. The maximum absolute atomic E-state index is 11.1. The molecule has 0 fully saturated rings. The number of nitrogens with one attached hydrogen (secondary N) is 3. The molecule has 0 radical (unpaired) electrons. The van der Waals surface area contributed by atoms with Crippen LogP contribution in [0.4, 0.5) is 17.5 Å². The highest BCUT2D eigenvalue weighted by atomic mass is 32.1. The Labute approximate surface area is 117 Å². The second-order valence-corrected chi connectivity index (χ2v) is 4.71. The maximum atomic E-state index is 11.1. The van der Waals surface area contributed by atoms with Crippen molar-refractivity contribution in [3.63, 3.8) is 0 Å². The van der Waals surface area contributed by atoms with Crippen LogP contribution >= 0.6 is 11.3 Å². The number of aryl methyl sites for hydroxylation is 1. The third kappa shape index (κ3) is 2.91. The highest BCUT2D eigenvalue weighted by Crippen LogP contribution is 2.26. The van der Waals surface area contributed by atoms with Crippen molar-refractivity contribution in [2.75, 3.05) is 17.7 Å². The Morgan fingerprint density at radius 1 is 1.50 bits per heavy atom. The van der Waals surface area contributed by atoms with E-state index in [-0.39, 0.29) is 34.6 Å². The second kappa shape index (κ2) is 5.65. The van der Waals surface area contributed by atoms with Gasteiger partial charge in [0, 0.05) is 18.1 Å². The number of nitro groups is 1. The summed E-state index contributed by atoms with van der Waals surface area (Å²) < 4.78 is 0. The van der Waals surface area contributed by atoms with Crippen LogP contribution in [0.5, 0.6) is 0 Å². The Morgan fingerprint density at radius 3 is 2.80 bits per heavy atom. The van der Waals surface area contributed by atoms with Gasteiger partial charge in [-0.3, -0.25) is 14.9 Å². The van der Waals surface area contributed by atoms with E-state index in [1.54, 1.807) is 12.4 Å². The molecule has 106 valence electrons. The summed E-state index contributed by atoms with van der Waals surface area (Å²) in [5, 5.41) is 18.3. The SMILES string of the molecule is CNc1nc(C)c([N+](=O)[O-])c(NCc2csc(=O)[nH]2)n1. The number of aromatic amines is 1. The van der Waals surface area contributed by atoms with Gasteiger partial charge >= 0.3 is 10.6 Å². The van der Waals surface area contributed by atoms with E-state index >= 15 is 0 Å². The predicted octanol–water partition coefficient (Wildman–Crippen LogP) is 1.10. The smallest absolute Gasteiger partial charge is 0.332 e. The lowest BCUT2D eigenvalue weighted by molar-refractivity contribution is -0.385. The molecular formula is C10H12N6O3S. The zero-order chi connectivity index (χ0) is 14.7. The lowest BCUT2D eigenvalue weighted by Gasteiger charge is -2.08. The number of H-pyrrole nitrogens is 1. The summed E-state index contributed by atoms with van der Waals surface area (Å²) in [6.07, 6.45) is 0. The first kappa shape index (κ1) is 13.9.